The lowest BCUT2D eigenvalue weighted by Gasteiger charge is -2.18. The molecule has 0 radical (unpaired) electrons. The summed E-state index contributed by atoms with van der Waals surface area (Å²) in [5, 5.41) is 4.06. The predicted octanol–water partition coefficient (Wildman–Crippen LogP) is 2.14. The molecule has 19 heavy (non-hydrogen) atoms. The van der Waals surface area contributed by atoms with Crippen LogP contribution in [-0.4, -0.2) is 23.4 Å². The molecule has 2 N–H and O–H groups in total. The first-order chi connectivity index (χ1) is 9.31. The molecule has 1 aliphatic rings. The van der Waals surface area contributed by atoms with E-state index in [0.29, 0.717) is 18.9 Å². The zero-order chi connectivity index (χ0) is 13.1. The lowest BCUT2D eigenvalue weighted by Crippen LogP contribution is -2.16. The highest BCUT2D eigenvalue weighted by molar-refractivity contribution is 5.39. The number of anilines is 1. The molecule has 0 aliphatic carbocycles. The number of hydrogen-bond donors (Lipinski definition) is 1. The van der Waals surface area contributed by atoms with Crippen molar-refractivity contribution in [2.24, 2.45) is 0 Å². The second kappa shape index (κ2) is 5.40. The number of benzene rings is 1. The van der Waals surface area contributed by atoms with E-state index >= 15 is 0 Å². The van der Waals surface area contributed by atoms with Crippen LogP contribution in [0.25, 0.3) is 0 Å². The van der Waals surface area contributed by atoms with Gasteiger partial charge in [-0.1, -0.05) is 17.3 Å². The average molecular weight is 259 g/mol. The number of nitrogens with two attached hydrogens (primary N) is 1. The SMILES string of the molecule is Nc1ccc(Cc2nc(C3CCCOC3)no2)cc1. The number of aromatic nitrogens is 2. The van der Waals surface area contributed by atoms with Crippen molar-refractivity contribution < 1.29 is 9.26 Å². The van der Waals surface area contributed by atoms with Gasteiger partial charge in [-0.3, -0.25) is 0 Å². The van der Waals surface area contributed by atoms with Crippen LogP contribution in [0, 0.1) is 0 Å². The maximum absolute atomic E-state index is 5.66. The Balaban J connectivity index is 1.68. The minimum Gasteiger partial charge on any atom is -0.399 e. The van der Waals surface area contributed by atoms with E-state index in [0.717, 1.165) is 36.5 Å². The van der Waals surface area contributed by atoms with Crippen molar-refractivity contribution in [1.82, 2.24) is 10.1 Å². The van der Waals surface area contributed by atoms with Gasteiger partial charge in [-0.15, -0.1) is 0 Å². The van der Waals surface area contributed by atoms with Crippen LogP contribution in [0.15, 0.2) is 28.8 Å². The summed E-state index contributed by atoms with van der Waals surface area (Å²) in [6.45, 7) is 1.54. The Kier molecular flexibility index (Phi) is 3.46. The molecule has 1 aromatic carbocycles. The molecule has 2 heterocycles. The summed E-state index contributed by atoms with van der Waals surface area (Å²) in [6, 6.07) is 7.70. The molecule has 5 heteroatoms. The maximum Gasteiger partial charge on any atom is 0.231 e. The Morgan fingerprint density at radius 1 is 1.26 bits per heavy atom. The van der Waals surface area contributed by atoms with Gasteiger partial charge in [0, 0.05) is 18.2 Å². The van der Waals surface area contributed by atoms with Gasteiger partial charge in [0.15, 0.2) is 5.82 Å². The number of ether oxygens (including phenoxy) is 1. The molecule has 0 amide bonds. The fraction of sp³-hybridized carbons (Fsp3) is 0.429. The van der Waals surface area contributed by atoms with Gasteiger partial charge < -0.3 is 15.0 Å². The minimum atomic E-state index is 0.276. The van der Waals surface area contributed by atoms with Gasteiger partial charge in [0.05, 0.1) is 13.0 Å². The molecule has 3 rings (SSSR count). The van der Waals surface area contributed by atoms with Crippen molar-refractivity contribution in [2.75, 3.05) is 18.9 Å². The molecule has 5 nitrogen and oxygen atoms in total. The molecule has 1 saturated heterocycles. The second-order valence-corrected chi connectivity index (χ2v) is 4.88. The van der Waals surface area contributed by atoms with E-state index in [-0.39, 0.29) is 5.92 Å². The van der Waals surface area contributed by atoms with E-state index in [1.807, 2.05) is 24.3 Å². The van der Waals surface area contributed by atoms with Crippen molar-refractivity contribution in [3.05, 3.63) is 41.5 Å². The third-order valence-electron chi connectivity index (χ3n) is 3.34. The molecule has 1 fully saturated rings. The van der Waals surface area contributed by atoms with Crippen LogP contribution in [-0.2, 0) is 11.2 Å². The van der Waals surface area contributed by atoms with Crippen molar-refractivity contribution in [2.45, 2.75) is 25.2 Å². The highest BCUT2D eigenvalue weighted by Gasteiger charge is 2.21. The highest BCUT2D eigenvalue weighted by atomic mass is 16.5. The van der Waals surface area contributed by atoms with Crippen molar-refractivity contribution in [3.63, 3.8) is 0 Å². The zero-order valence-corrected chi connectivity index (χ0v) is 10.7. The van der Waals surface area contributed by atoms with E-state index in [2.05, 4.69) is 10.1 Å². The molecular formula is C14H17N3O2. The minimum absolute atomic E-state index is 0.276. The third-order valence-corrected chi connectivity index (χ3v) is 3.34. The Bertz CT molecular complexity index is 530. The van der Waals surface area contributed by atoms with Gasteiger partial charge >= 0.3 is 0 Å². The summed E-state index contributed by atoms with van der Waals surface area (Å²) in [5.74, 6) is 1.69. The fourth-order valence-corrected chi connectivity index (χ4v) is 2.26. The first-order valence-electron chi connectivity index (χ1n) is 6.56. The van der Waals surface area contributed by atoms with Gasteiger partial charge in [0.1, 0.15) is 0 Å². The fourth-order valence-electron chi connectivity index (χ4n) is 2.26. The predicted molar refractivity (Wildman–Crippen MR) is 70.8 cm³/mol. The molecule has 100 valence electrons. The topological polar surface area (TPSA) is 74.2 Å². The van der Waals surface area contributed by atoms with Crippen LogP contribution in [0.3, 0.4) is 0 Å². The molecule has 1 atom stereocenters. The molecule has 1 aliphatic heterocycles. The molecule has 2 aromatic rings. The Morgan fingerprint density at radius 2 is 2.11 bits per heavy atom. The first-order valence-corrected chi connectivity index (χ1v) is 6.56. The van der Waals surface area contributed by atoms with Gasteiger partial charge in [-0.2, -0.15) is 4.98 Å². The summed E-state index contributed by atoms with van der Waals surface area (Å²) < 4.78 is 10.7. The Hall–Kier alpha value is -1.88. The maximum atomic E-state index is 5.66. The Morgan fingerprint density at radius 3 is 2.84 bits per heavy atom. The molecule has 0 saturated carbocycles. The second-order valence-electron chi connectivity index (χ2n) is 4.88. The number of hydrogen-bond acceptors (Lipinski definition) is 5. The molecule has 0 spiro atoms. The smallest absolute Gasteiger partial charge is 0.231 e. The zero-order valence-electron chi connectivity index (χ0n) is 10.7. The van der Waals surface area contributed by atoms with Crippen molar-refractivity contribution in [3.8, 4) is 0 Å². The lowest BCUT2D eigenvalue weighted by molar-refractivity contribution is 0.0773. The summed E-state index contributed by atoms with van der Waals surface area (Å²) in [5.41, 5.74) is 7.53. The Labute approximate surface area is 111 Å². The van der Waals surface area contributed by atoms with Gasteiger partial charge in [0.25, 0.3) is 0 Å². The lowest BCUT2D eigenvalue weighted by atomic mass is 10.0. The van der Waals surface area contributed by atoms with E-state index < -0.39 is 0 Å². The normalized spacial score (nSPS) is 19.5. The highest BCUT2D eigenvalue weighted by Crippen LogP contribution is 2.23. The summed E-state index contributed by atoms with van der Waals surface area (Å²) >= 11 is 0. The van der Waals surface area contributed by atoms with Crippen molar-refractivity contribution in [1.29, 1.82) is 0 Å². The van der Waals surface area contributed by atoms with E-state index in [1.54, 1.807) is 0 Å². The molecule has 1 aromatic heterocycles. The molecule has 0 bridgehead atoms. The van der Waals surface area contributed by atoms with Crippen LogP contribution in [0.5, 0.6) is 0 Å². The van der Waals surface area contributed by atoms with Gasteiger partial charge in [-0.05, 0) is 30.5 Å². The summed E-state index contributed by atoms with van der Waals surface area (Å²) in [6.07, 6.45) is 2.77. The number of nitrogens with zero attached hydrogens (tertiary/aromatic N) is 2. The molecular weight excluding hydrogens is 242 g/mol. The van der Waals surface area contributed by atoms with Crippen LogP contribution >= 0.6 is 0 Å². The van der Waals surface area contributed by atoms with Gasteiger partial charge in [-0.25, -0.2) is 0 Å². The quantitative estimate of drug-likeness (QED) is 0.855. The average Bonchev–Trinajstić information content (AvgIpc) is 2.91. The van der Waals surface area contributed by atoms with Crippen LogP contribution < -0.4 is 5.73 Å². The summed E-state index contributed by atoms with van der Waals surface area (Å²) in [7, 11) is 0. The van der Waals surface area contributed by atoms with Gasteiger partial charge in [0.2, 0.25) is 5.89 Å². The van der Waals surface area contributed by atoms with E-state index in [1.165, 1.54) is 0 Å². The number of nitrogen functional groups attached to an aromatic ring is 1. The largest absolute Gasteiger partial charge is 0.399 e. The first kappa shape index (κ1) is 12.2. The van der Waals surface area contributed by atoms with E-state index in [9.17, 15) is 0 Å². The van der Waals surface area contributed by atoms with Crippen LogP contribution in [0.2, 0.25) is 0 Å². The third kappa shape index (κ3) is 2.93. The number of rotatable bonds is 3. The standard InChI is InChI=1S/C14H17N3O2/c15-12-5-3-10(4-6-12)8-13-16-14(17-19-13)11-2-1-7-18-9-11/h3-6,11H,1-2,7-9,15H2. The monoisotopic (exact) mass is 259 g/mol. The van der Waals surface area contributed by atoms with Crippen LogP contribution in [0.1, 0.15) is 36.0 Å². The summed E-state index contributed by atoms with van der Waals surface area (Å²) in [4.78, 5) is 4.46. The van der Waals surface area contributed by atoms with Crippen molar-refractivity contribution >= 4 is 5.69 Å². The van der Waals surface area contributed by atoms with Crippen LogP contribution in [0.4, 0.5) is 5.69 Å². The molecule has 1 unspecified atom stereocenters. The van der Waals surface area contributed by atoms with E-state index in [4.69, 9.17) is 15.0 Å².